The molecule has 9 nitrogen and oxygen atoms in total. The van der Waals surface area contributed by atoms with Gasteiger partial charge in [-0.3, -0.25) is 14.4 Å². The van der Waals surface area contributed by atoms with Gasteiger partial charge < -0.3 is 29.7 Å². The average Bonchev–Trinajstić information content (AvgIpc) is 2.73. The van der Waals surface area contributed by atoms with Gasteiger partial charge in [0.2, 0.25) is 11.8 Å². The first kappa shape index (κ1) is 28.3. The SMILES string of the molecule is COP(O)(=S)OCCCCCCNC(=O)C1CCC(CNC(=O)C(S)CC(=O)O)CC1. The maximum Gasteiger partial charge on any atom is 0.324 e. The van der Waals surface area contributed by atoms with Gasteiger partial charge in [0.15, 0.2) is 0 Å². The molecule has 0 aliphatic heterocycles. The van der Waals surface area contributed by atoms with Crippen molar-refractivity contribution >= 4 is 48.9 Å². The van der Waals surface area contributed by atoms with E-state index >= 15 is 0 Å². The van der Waals surface area contributed by atoms with E-state index < -0.39 is 17.9 Å². The van der Waals surface area contributed by atoms with Crippen molar-refractivity contribution < 1.29 is 33.4 Å². The Bertz CT molecular complexity index is 630. The molecule has 2 amide bonds. The first-order valence-corrected chi connectivity index (χ1v) is 13.7. The van der Waals surface area contributed by atoms with Crippen molar-refractivity contribution in [2.45, 2.75) is 63.0 Å². The number of thiol groups is 1. The molecule has 1 aliphatic carbocycles. The first-order chi connectivity index (χ1) is 14.6. The summed E-state index contributed by atoms with van der Waals surface area (Å²) >= 11 is 8.76. The fraction of sp³-hybridized carbons (Fsp3) is 0.842. The highest BCUT2D eigenvalue weighted by Crippen LogP contribution is 2.42. The van der Waals surface area contributed by atoms with Gasteiger partial charge >= 0.3 is 12.7 Å². The number of aliphatic carboxylic acids is 1. The van der Waals surface area contributed by atoms with Crippen LogP contribution < -0.4 is 10.6 Å². The maximum atomic E-state index is 12.3. The van der Waals surface area contributed by atoms with Crippen LogP contribution in [0.15, 0.2) is 0 Å². The number of carbonyl (C=O) groups excluding carboxylic acids is 2. The molecule has 2 atom stereocenters. The van der Waals surface area contributed by atoms with E-state index in [-0.39, 0.29) is 24.2 Å². The summed E-state index contributed by atoms with van der Waals surface area (Å²) < 4.78 is 9.80. The summed E-state index contributed by atoms with van der Waals surface area (Å²) in [6, 6.07) is 0. The van der Waals surface area contributed by atoms with Crippen molar-refractivity contribution in [3.05, 3.63) is 0 Å². The van der Waals surface area contributed by atoms with Crippen molar-refractivity contribution in [2.75, 3.05) is 26.8 Å². The zero-order valence-electron chi connectivity index (χ0n) is 18.0. The molecule has 1 aliphatic rings. The second kappa shape index (κ2) is 15.2. The maximum absolute atomic E-state index is 12.3. The minimum atomic E-state index is -3.06. The smallest absolute Gasteiger partial charge is 0.324 e. The van der Waals surface area contributed by atoms with Crippen molar-refractivity contribution in [1.29, 1.82) is 0 Å². The van der Waals surface area contributed by atoms with Gasteiger partial charge in [-0.25, -0.2) is 0 Å². The molecule has 4 N–H and O–H groups in total. The van der Waals surface area contributed by atoms with E-state index in [1.807, 2.05) is 0 Å². The number of amides is 2. The van der Waals surface area contributed by atoms with Gasteiger partial charge in [0, 0.05) is 26.1 Å². The molecule has 180 valence electrons. The van der Waals surface area contributed by atoms with Crippen LogP contribution in [0.4, 0.5) is 0 Å². The molecule has 0 saturated heterocycles. The highest BCUT2D eigenvalue weighted by Gasteiger charge is 2.27. The van der Waals surface area contributed by atoms with Crippen molar-refractivity contribution in [2.24, 2.45) is 11.8 Å². The largest absolute Gasteiger partial charge is 0.481 e. The second-order valence-electron chi connectivity index (χ2n) is 7.77. The monoisotopic (exact) mass is 498 g/mol. The standard InChI is InChI=1S/C19H35N2O7PS2/c1-27-29(26,31)28-11-5-3-2-4-10-20-18(24)15-8-6-14(7-9-15)13-21-19(25)16(30)12-17(22)23/h14-16,30H,2-13H2,1H3,(H,20,24)(H,21,25)(H,22,23)(H,26,31). The summed E-state index contributed by atoms with van der Waals surface area (Å²) in [6.07, 6.45) is 6.51. The van der Waals surface area contributed by atoms with E-state index in [0.29, 0.717) is 25.6 Å². The van der Waals surface area contributed by atoms with Gasteiger partial charge in [0.25, 0.3) is 0 Å². The summed E-state index contributed by atoms with van der Waals surface area (Å²) in [5, 5.41) is 13.6. The van der Waals surface area contributed by atoms with Crippen LogP contribution in [0.25, 0.3) is 0 Å². The number of carboxylic acids is 1. The highest BCUT2D eigenvalue weighted by atomic mass is 32.5. The Hall–Kier alpha value is -0.710. The van der Waals surface area contributed by atoms with Crippen LogP contribution in [-0.4, -0.2) is 59.8 Å². The third-order valence-electron chi connectivity index (χ3n) is 5.31. The number of hydrogen-bond donors (Lipinski definition) is 5. The van der Waals surface area contributed by atoms with Crippen LogP contribution in [0.3, 0.4) is 0 Å². The zero-order chi connectivity index (χ0) is 23.3. The summed E-state index contributed by atoms with van der Waals surface area (Å²) in [7, 11) is 1.33. The zero-order valence-corrected chi connectivity index (χ0v) is 20.6. The van der Waals surface area contributed by atoms with Crippen molar-refractivity contribution in [3.63, 3.8) is 0 Å². The third kappa shape index (κ3) is 12.8. The lowest BCUT2D eigenvalue weighted by Gasteiger charge is -2.28. The van der Waals surface area contributed by atoms with Gasteiger partial charge in [0.05, 0.1) is 18.3 Å². The summed E-state index contributed by atoms with van der Waals surface area (Å²) in [5.41, 5.74) is 0. The Morgan fingerprint density at radius 1 is 1.13 bits per heavy atom. The fourth-order valence-electron chi connectivity index (χ4n) is 3.42. The molecule has 0 bridgehead atoms. The van der Waals surface area contributed by atoms with Crippen LogP contribution >= 0.6 is 19.3 Å². The number of hydrogen-bond acceptors (Lipinski definition) is 7. The topological polar surface area (TPSA) is 134 Å². The van der Waals surface area contributed by atoms with E-state index in [4.69, 9.17) is 21.4 Å². The summed E-state index contributed by atoms with van der Waals surface area (Å²) in [6.45, 7) is -1.56. The number of unbranched alkanes of at least 4 members (excludes halogenated alkanes) is 3. The Balaban J connectivity index is 2.08. The van der Waals surface area contributed by atoms with Crippen LogP contribution in [0.5, 0.6) is 0 Å². The minimum Gasteiger partial charge on any atom is -0.481 e. The number of rotatable bonds is 15. The molecule has 0 aromatic rings. The lowest BCUT2D eigenvalue weighted by atomic mass is 9.81. The Morgan fingerprint density at radius 2 is 1.77 bits per heavy atom. The predicted molar refractivity (Wildman–Crippen MR) is 124 cm³/mol. The number of carbonyl (C=O) groups is 3. The molecule has 1 saturated carbocycles. The molecule has 2 unspecified atom stereocenters. The number of carboxylic acid groups (broad SMARTS) is 1. The van der Waals surface area contributed by atoms with E-state index in [2.05, 4.69) is 27.8 Å². The molecule has 0 aromatic heterocycles. The quantitative estimate of drug-likeness (QED) is 0.132. The molecule has 31 heavy (non-hydrogen) atoms. The number of nitrogens with one attached hydrogen (secondary N) is 2. The van der Waals surface area contributed by atoms with Gasteiger partial charge in [-0.15, -0.1) is 0 Å². The van der Waals surface area contributed by atoms with E-state index in [0.717, 1.165) is 51.4 Å². The summed E-state index contributed by atoms with van der Waals surface area (Å²) in [5.74, 6) is -1.02. The Kier molecular flexibility index (Phi) is 13.9. The summed E-state index contributed by atoms with van der Waals surface area (Å²) in [4.78, 5) is 44.3. The highest BCUT2D eigenvalue weighted by molar-refractivity contribution is 8.07. The second-order valence-corrected chi connectivity index (χ2v) is 11.3. The van der Waals surface area contributed by atoms with Gasteiger partial charge in [-0.05, 0) is 56.2 Å². The molecule has 0 aromatic carbocycles. The van der Waals surface area contributed by atoms with Crippen LogP contribution in [0.2, 0.25) is 0 Å². The van der Waals surface area contributed by atoms with E-state index in [1.54, 1.807) is 0 Å². The molecule has 0 spiro atoms. The molecule has 12 heteroatoms. The Morgan fingerprint density at radius 3 is 2.39 bits per heavy atom. The predicted octanol–water partition coefficient (Wildman–Crippen LogP) is 2.24. The normalized spacial score (nSPS) is 21.6. The van der Waals surface area contributed by atoms with Crippen molar-refractivity contribution in [3.8, 4) is 0 Å². The van der Waals surface area contributed by atoms with Crippen LogP contribution in [0, 0.1) is 11.8 Å². The van der Waals surface area contributed by atoms with E-state index in [1.165, 1.54) is 7.11 Å². The average molecular weight is 499 g/mol. The first-order valence-electron chi connectivity index (χ1n) is 10.6. The molecule has 0 radical (unpaired) electrons. The lowest BCUT2D eigenvalue weighted by molar-refractivity contribution is -0.138. The minimum absolute atomic E-state index is 0.00716. The molecule has 1 rings (SSSR count). The van der Waals surface area contributed by atoms with Gasteiger partial charge in [0.1, 0.15) is 0 Å². The molecule has 0 heterocycles. The van der Waals surface area contributed by atoms with Crippen molar-refractivity contribution in [1.82, 2.24) is 10.6 Å². The molecular formula is C19H35N2O7PS2. The lowest BCUT2D eigenvalue weighted by Crippen LogP contribution is -2.38. The fourth-order valence-corrected chi connectivity index (χ4v) is 4.36. The van der Waals surface area contributed by atoms with E-state index in [9.17, 15) is 19.3 Å². The van der Waals surface area contributed by atoms with Gasteiger partial charge in [-0.2, -0.15) is 12.6 Å². The molecular weight excluding hydrogens is 463 g/mol. The van der Waals surface area contributed by atoms with Crippen LogP contribution in [-0.2, 0) is 35.2 Å². The van der Waals surface area contributed by atoms with Crippen LogP contribution in [0.1, 0.15) is 57.8 Å². The third-order valence-corrected chi connectivity index (χ3v) is 7.46. The van der Waals surface area contributed by atoms with Gasteiger partial charge in [-0.1, -0.05) is 12.8 Å². The Labute approximate surface area is 194 Å². The molecule has 1 fully saturated rings.